The second-order valence-electron chi connectivity index (χ2n) is 6.71. The zero-order valence-electron chi connectivity index (χ0n) is 15.8. The summed E-state index contributed by atoms with van der Waals surface area (Å²) in [7, 11) is 0. The molecule has 3 aromatic rings. The molecule has 4 heterocycles. The first kappa shape index (κ1) is 17.9. The molecule has 0 aliphatic carbocycles. The largest absolute Gasteiger partial charge is 0.361 e. The minimum Gasteiger partial charge on any atom is -0.361 e. The van der Waals surface area contributed by atoms with Crippen molar-refractivity contribution in [1.82, 2.24) is 25.0 Å². The molecule has 3 aromatic heterocycles. The fraction of sp³-hybridized carbons (Fsp3) is 0.316. The van der Waals surface area contributed by atoms with E-state index in [2.05, 4.69) is 30.3 Å². The maximum atomic E-state index is 12.5. The Hall–Kier alpha value is -3.49. The van der Waals surface area contributed by atoms with Crippen LogP contribution in [-0.4, -0.2) is 57.1 Å². The molecule has 0 unspecified atom stereocenters. The van der Waals surface area contributed by atoms with Crippen LogP contribution in [0.25, 0.3) is 0 Å². The maximum Gasteiger partial charge on any atom is 0.276 e. The third-order valence-electron chi connectivity index (χ3n) is 4.56. The zero-order valence-corrected chi connectivity index (χ0v) is 15.8. The minimum absolute atomic E-state index is 0.105. The molecule has 0 spiro atoms. The van der Waals surface area contributed by atoms with Crippen molar-refractivity contribution in [2.45, 2.75) is 13.8 Å². The number of pyridine rings is 1. The molecular formula is C19H21N7O2. The third-order valence-corrected chi connectivity index (χ3v) is 4.56. The van der Waals surface area contributed by atoms with Crippen LogP contribution in [-0.2, 0) is 0 Å². The van der Waals surface area contributed by atoms with Crippen LogP contribution >= 0.6 is 0 Å². The van der Waals surface area contributed by atoms with Crippen LogP contribution in [0.1, 0.15) is 21.8 Å². The fourth-order valence-electron chi connectivity index (χ4n) is 3.09. The van der Waals surface area contributed by atoms with Crippen LogP contribution in [0.4, 0.5) is 17.5 Å². The summed E-state index contributed by atoms with van der Waals surface area (Å²) < 4.78 is 5.00. The van der Waals surface area contributed by atoms with Gasteiger partial charge in [0, 0.05) is 44.5 Å². The SMILES string of the molecule is Cc1ccnc(Nc2cc(N3CCN(C(=O)c4cc(C)on4)CC3)ncn2)c1. The van der Waals surface area contributed by atoms with E-state index >= 15 is 0 Å². The molecule has 0 saturated carbocycles. The van der Waals surface area contributed by atoms with E-state index in [-0.39, 0.29) is 5.91 Å². The van der Waals surface area contributed by atoms with E-state index in [9.17, 15) is 4.79 Å². The number of nitrogens with one attached hydrogen (secondary N) is 1. The first-order valence-electron chi connectivity index (χ1n) is 9.08. The Balaban J connectivity index is 1.40. The lowest BCUT2D eigenvalue weighted by Crippen LogP contribution is -2.49. The van der Waals surface area contributed by atoms with Gasteiger partial charge in [0.25, 0.3) is 5.91 Å². The fourth-order valence-corrected chi connectivity index (χ4v) is 3.09. The highest BCUT2D eigenvalue weighted by Crippen LogP contribution is 2.19. The monoisotopic (exact) mass is 379 g/mol. The molecule has 1 N–H and O–H groups in total. The highest BCUT2D eigenvalue weighted by Gasteiger charge is 2.25. The van der Waals surface area contributed by atoms with E-state index in [1.54, 1.807) is 24.1 Å². The number of amides is 1. The molecular weight excluding hydrogens is 358 g/mol. The molecule has 1 aliphatic heterocycles. The zero-order chi connectivity index (χ0) is 19.5. The molecule has 4 rings (SSSR count). The molecule has 28 heavy (non-hydrogen) atoms. The molecule has 0 bridgehead atoms. The Morgan fingerprint density at radius 1 is 1.04 bits per heavy atom. The summed E-state index contributed by atoms with van der Waals surface area (Å²) in [5.74, 6) is 2.76. The summed E-state index contributed by atoms with van der Waals surface area (Å²) in [5, 5.41) is 7.01. The number of hydrogen-bond acceptors (Lipinski definition) is 8. The number of hydrogen-bond donors (Lipinski definition) is 1. The third kappa shape index (κ3) is 3.93. The van der Waals surface area contributed by atoms with E-state index in [0.717, 1.165) is 17.2 Å². The van der Waals surface area contributed by atoms with E-state index in [0.29, 0.717) is 43.5 Å². The molecule has 0 radical (unpaired) electrons. The van der Waals surface area contributed by atoms with E-state index in [1.807, 2.05) is 25.1 Å². The first-order valence-corrected chi connectivity index (χ1v) is 9.08. The number of carbonyl (C=O) groups excluding carboxylic acids is 1. The Morgan fingerprint density at radius 2 is 1.82 bits per heavy atom. The van der Waals surface area contributed by atoms with Crippen molar-refractivity contribution in [3.63, 3.8) is 0 Å². The van der Waals surface area contributed by atoms with Crippen LogP contribution in [0, 0.1) is 13.8 Å². The maximum absolute atomic E-state index is 12.5. The lowest BCUT2D eigenvalue weighted by Gasteiger charge is -2.35. The lowest BCUT2D eigenvalue weighted by atomic mass is 10.2. The average molecular weight is 379 g/mol. The van der Waals surface area contributed by atoms with Crippen molar-refractivity contribution >= 4 is 23.4 Å². The number of anilines is 3. The average Bonchev–Trinajstić information content (AvgIpc) is 3.14. The van der Waals surface area contributed by atoms with Gasteiger partial charge in [-0.1, -0.05) is 5.16 Å². The van der Waals surface area contributed by atoms with Crippen LogP contribution in [0.3, 0.4) is 0 Å². The first-order chi connectivity index (χ1) is 13.6. The Kier molecular flexibility index (Phi) is 4.88. The molecule has 1 amide bonds. The predicted molar refractivity (Wildman–Crippen MR) is 104 cm³/mol. The van der Waals surface area contributed by atoms with Crippen molar-refractivity contribution in [2.75, 3.05) is 36.4 Å². The van der Waals surface area contributed by atoms with Gasteiger partial charge in [-0.2, -0.15) is 0 Å². The highest BCUT2D eigenvalue weighted by molar-refractivity contribution is 5.92. The molecule has 9 heteroatoms. The van der Waals surface area contributed by atoms with Gasteiger partial charge < -0.3 is 19.6 Å². The normalized spacial score (nSPS) is 14.2. The predicted octanol–water partition coefficient (Wildman–Crippen LogP) is 2.18. The molecule has 1 fully saturated rings. The van der Waals surface area contributed by atoms with Gasteiger partial charge in [-0.15, -0.1) is 0 Å². The molecule has 9 nitrogen and oxygen atoms in total. The molecule has 144 valence electrons. The minimum atomic E-state index is -0.105. The molecule has 0 aromatic carbocycles. The second-order valence-corrected chi connectivity index (χ2v) is 6.71. The van der Waals surface area contributed by atoms with Gasteiger partial charge in [-0.05, 0) is 31.5 Å². The van der Waals surface area contributed by atoms with Crippen molar-refractivity contribution < 1.29 is 9.32 Å². The quantitative estimate of drug-likeness (QED) is 0.736. The Labute approximate surface area is 162 Å². The van der Waals surface area contributed by atoms with Crippen LogP contribution in [0.2, 0.25) is 0 Å². The Morgan fingerprint density at radius 3 is 2.54 bits per heavy atom. The summed E-state index contributed by atoms with van der Waals surface area (Å²) in [4.78, 5) is 29.3. The van der Waals surface area contributed by atoms with Gasteiger partial charge in [0.05, 0.1) is 0 Å². The van der Waals surface area contributed by atoms with E-state index in [1.165, 1.54) is 6.33 Å². The van der Waals surface area contributed by atoms with E-state index < -0.39 is 0 Å². The lowest BCUT2D eigenvalue weighted by molar-refractivity contribution is 0.0736. The summed E-state index contributed by atoms with van der Waals surface area (Å²) in [6.45, 7) is 6.34. The smallest absolute Gasteiger partial charge is 0.276 e. The second kappa shape index (κ2) is 7.63. The van der Waals surface area contributed by atoms with Crippen LogP contribution < -0.4 is 10.2 Å². The van der Waals surface area contributed by atoms with Crippen molar-refractivity contribution in [1.29, 1.82) is 0 Å². The Bertz CT molecular complexity index is 980. The van der Waals surface area contributed by atoms with Crippen molar-refractivity contribution in [3.8, 4) is 0 Å². The van der Waals surface area contributed by atoms with Gasteiger partial charge in [0.1, 0.15) is 29.5 Å². The van der Waals surface area contributed by atoms with Gasteiger partial charge >= 0.3 is 0 Å². The van der Waals surface area contributed by atoms with Crippen LogP contribution in [0.5, 0.6) is 0 Å². The van der Waals surface area contributed by atoms with Crippen molar-refractivity contribution in [3.05, 3.63) is 53.8 Å². The number of aromatic nitrogens is 4. The number of carbonyl (C=O) groups is 1. The number of nitrogens with zero attached hydrogens (tertiary/aromatic N) is 6. The van der Waals surface area contributed by atoms with E-state index in [4.69, 9.17) is 4.52 Å². The summed E-state index contributed by atoms with van der Waals surface area (Å²) in [5.41, 5.74) is 1.47. The summed E-state index contributed by atoms with van der Waals surface area (Å²) >= 11 is 0. The molecule has 0 atom stereocenters. The standard InChI is InChI=1S/C19H21N7O2/c1-13-3-4-20-16(9-13)23-17-11-18(22-12-21-17)25-5-7-26(8-6-25)19(27)15-10-14(2)28-24-15/h3-4,9-12H,5-8H2,1-2H3,(H,20,21,22,23). The topological polar surface area (TPSA) is 100 Å². The van der Waals surface area contributed by atoms with Gasteiger partial charge in [-0.25, -0.2) is 15.0 Å². The number of aryl methyl sites for hydroxylation is 2. The van der Waals surface area contributed by atoms with Gasteiger partial charge in [-0.3, -0.25) is 4.79 Å². The molecule has 1 aliphatic rings. The molecule has 1 saturated heterocycles. The number of piperazine rings is 1. The van der Waals surface area contributed by atoms with Gasteiger partial charge in [0.2, 0.25) is 0 Å². The van der Waals surface area contributed by atoms with Gasteiger partial charge in [0.15, 0.2) is 5.69 Å². The van der Waals surface area contributed by atoms with Crippen LogP contribution in [0.15, 0.2) is 41.3 Å². The highest BCUT2D eigenvalue weighted by atomic mass is 16.5. The summed E-state index contributed by atoms with van der Waals surface area (Å²) in [6.07, 6.45) is 3.29. The number of rotatable bonds is 4. The summed E-state index contributed by atoms with van der Waals surface area (Å²) in [6, 6.07) is 7.45. The van der Waals surface area contributed by atoms with Crippen molar-refractivity contribution in [2.24, 2.45) is 0 Å².